The minimum Gasteiger partial charge on any atom is -0.333 e. The maximum absolute atomic E-state index is 13.0. The summed E-state index contributed by atoms with van der Waals surface area (Å²) in [5, 5.41) is 1.24. The summed E-state index contributed by atoms with van der Waals surface area (Å²) in [5.74, 6) is 0.0274. The zero-order chi connectivity index (χ0) is 16.4. The molecule has 2 nitrogen and oxygen atoms in total. The Morgan fingerprint density at radius 3 is 2.39 bits per heavy atom. The van der Waals surface area contributed by atoms with Crippen LogP contribution in [0.5, 0.6) is 0 Å². The average molecular weight is 348 g/mol. The number of carbonyl (C=O) groups excluding carboxylic acids is 1. The maximum Gasteiger partial charge on any atom is 0.255 e. The van der Waals surface area contributed by atoms with Crippen LogP contribution in [0.4, 0.5) is 0 Å². The molecule has 3 rings (SSSR count). The van der Waals surface area contributed by atoms with Crippen molar-refractivity contribution in [1.82, 2.24) is 4.90 Å². The first-order valence-corrected chi connectivity index (χ1v) is 8.63. The largest absolute Gasteiger partial charge is 0.333 e. The average Bonchev–Trinajstić information content (AvgIpc) is 3.35. The van der Waals surface area contributed by atoms with E-state index in [2.05, 4.69) is 6.92 Å². The van der Waals surface area contributed by atoms with Crippen LogP contribution in [-0.4, -0.2) is 22.9 Å². The molecule has 0 aliphatic heterocycles. The third kappa shape index (κ3) is 3.88. The van der Waals surface area contributed by atoms with E-state index in [1.165, 1.54) is 5.56 Å². The number of halogens is 2. The third-order valence-corrected chi connectivity index (χ3v) is 4.78. The summed E-state index contributed by atoms with van der Waals surface area (Å²) in [4.78, 5) is 14.9. The molecule has 1 amide bonds. The summed E-state index contributed by atoms with van der Waals surface area (Å²) in [6.07, 6.45) is 2.95. The highest BCUT2D eigenvalue weighted by Gasteiger charge is 2.36. The van der Waals surface area contributed by atoms with Crippen LogP contribution < -0.4 is 0 Å². The second-order valence-electron chi connectivity index (χ2n) is 6.10. The van der Waals surface area contributed by atoms with Crippen molar-refractivity contribution < 1.29 is 4.79 Å². The standard InChI is InChI=1S/C19H19Cl2NO/c1-13(12-14-6-8-15(20)9-7-14)22(16-10-11-16)19(23)17-4-2-3-5-18(17)21/h2-9,13,16H,10-12H2,1H3. The lowest BCUT2D eigenvalue weighted by atomic mass is 10.0. The van der Waals surface area contributed by atoms with Crippen LogP contribution in [0.2, 0.25) is 10.0 Å². The van der Waals surface area contributed by atoms with Gasteiger partial charge < -0.3 is 4.90 Å². The summed E-state index contributed by atoms with van der Waals surface area (Å²) in [7, 11) is 0. The number of amides is 1. The van der Waals surface area contributed by atoms with Crippen molar-refractivity contribution in [3.8, 4) is 0 Å². The molecule has 2 aromatic carbocycles. The van der Waals surface area contributed by atoms with Gasteiger partial charge in [-0.15, -0.1) is 0 Å². The molecule has 0 saturated heterocycles. The minimum absolute atomic E-state index is 0.0274. The van der Waals surface area contributed by atoms with Crippen LogP contribution in [0.25, 0.3) is 0 Å². The first-order valence-electron chi connectivity index (χ1n) is 7.88. The maximum atomic E-state index is 13.0. The van der Waals surface area contributed by atoms with Gasteiger partial charge in [0.1, 0.15) is 0 Å². The molecule has 0 N–H and O–H groups in total. The van der Waals surface area contributed by atoms with Gasteiger partial charge in [-0.2, -0.15) is 0 Å². The van der Waals surface area contributed by atoms with Crippen LogP contribution in [0.1, 0.15) is 35.7 Å². The number of nitrogens with zero attached hydrogens (tertiary/aromatic N) is 1. The highest BCUT2D eigenvalue weighted by molar-refractivity contribution is 6.33. The molecule has 1 saturated carbocycles. The molecule has 1 fully saturated rings. The van der Waals surface area contributed by atoms with E-state index in [4.69, 9.17) is 23.2 Å². The van der Waals surface area contributed by atoms with Crippen molar-refractivity contribution in [2.24, 2.45) is 0 Å². The lowest BCUT2D eigenvalue weighted by Gasteiger charge is -2.30. The van der Waals surface area contributed by atoms with Crippen molar-refractivity contribution in [3.05, 3.63) is 69.7 Å². The lowest BCUT2D eigenvalue weighted by Crippen LogP contribution is -2.41. The van der Waals surface area contributed by atoms with E-state index in [9.17, 15) is 4.79 Å². The molecular formula is C19H19Cl2NO. The number of hydrogen-bond acceptors (Lipinski definition) is 1. The molecule has 4 heteroatoms. The Balaban J connectivity index is 1.79. The van der Waals surface area contributed by atoms with Crippen molar-refractivity contribution in [2.45, 2.75) is 38.3 Å². The number of carbonyl (C=O) groups is 1. The van der Waals surface area contributed by atoms with E-state index < -0.39 is 0 Å². The summed E-state index contributed by atoms with van der Waals surface area (Å²) >= 11 is 12.1. The van der Waals surface area contributed by atoms with Gasteiger partial charge in [0.2, 0.25) is 0 Å². The molecule has 1 atom stereocenters. The normalized spacial score (nSPS) is 15.3. The van der Waals surface area contributed by atoms with E-state index in [0.29, 0.717) is 16.6 Å². The fourth-order valence-electron chi connectivity index (χ4n) is 2.91. The summed E-state index contributed by atoms with van der Waals surface area (Å²) < 4.78 is 0. The summed E-state index contributed by atoms with van der Waals surface area (Å²) in [6, 6.07) is 15.5. The molecule has 2 aromatic rings. The van der Waals surface area contributed by atoms with E-state index in [0.717, 1.165) is 24.3 Å². The smallest absolute Gasteiger partial charge is 0.255 e. The molecule has 1 aliphatic rings. The lowest BCUT2D eigenvalue weighted by molar-refractivity contribution is 0.0675. The molecule has 0 spiro atoms. The predicted molar refractivity (Wildman–Crippen MR) is 95.3 cm³/mol. The number of benzene rings is 2. The Labute approximate surface area is 147 Å². The molecule has 1 unspecified atom stereocenters. The fourth-order valence-corrected chi connectivity index (χ4v) is 3.25. The molecule has 23 heavy (non-hydrogen) atoms. The van der Waals surface area contributed by atoms with Crippen molar-refractivity contribution >= 4 is 29.1 Å². The Morgan fingerprint density at radius 1 is 1.13 bits per heavy atom. The summed E-state index contributed by atoms with van der Waals surface area (Å²) in [5.41, 5.74) is 1.77. The van der Waals surface area contributed by atoms with E-state index in [1.54, 1.807) is 12.1 Å². The molecule has 1 aliphatic carbocycles. The first-order chi connectivity index (χ1) is 11.1. The predicted octanol–water partition coefficient (Wildman–Crippen LogP) is 5.23. The van der Waals surface area contributed by atoms with E-state index in [-0.39, 0.29) is 11.9 Å². The van der Waals surface area contributed by atoms with E-state index in [1.807, 2.05) is 41.3 Å². The number of hydrogen-bond donors (Lipinski definition) is 0. The molecule has 0 radical (unpaired) electrons. The van der Waals surface area contributed by atoms with Gasteiger partial charge in [0.15, 0.2) is 0 Å². The minimum atomic E-state index is 0.0274. The highest BCUT2D eigenvalue weighted by Crippen LogP contribution is 2.32. The Hall–Kier alpha value is -1.51. The van der Waals surface area contributed by atoms with Crippen LogP contribution in [0.15, 0.2) is 48.5 Å². The van der Waals surface area contributed by atoms with Crippen LogP contribution >= 0.6 is 23.2 Å². The fraction of sp³-hybridized carbons (Fsp3) is 0.316. The number of rotatable bonds is 5. The summed E-state index contributed by atoms with van der Waals surface area (Å²) in [6.45, 7) is 2.10. The quantitative estimate of drug-likeness (QED) is 0.725. The van der Waals surface area contributed by atoms with Gasteiger partial charge in [-0.3, -0.25) is 4.79 Å². The first kappa shape index (κ1) is 16.4. The Kier molecular flexibility index (Phi) is 4.93. The van der Waals surface area contributed by atoms with Gasteiger partial charge in [0.05, 0.1) is 10.6 Å². The van der Waals surface area contributed by atoms with Gasteiger partial charge in [-0.25, -0.2) is 0 Å². The van der Waals surface area contributed by atoms with Crippen LogP contribution in [-0.2, 0) is 6.42 Å². The van der Waals surface area contributed by atoms with Gasteiger partial charge in [-0.05, 0) is 56.0 Å². The molecule has 120 valence electrons. The molecular weight excluding hydrogens is 329 g/mol. The van der Waals surface area contributed by atoms with Crippen molar-refractivity contribution in [1.29, 1.82) is 0 Å². The zero-order valence-electron chi connectivity index (χ0n) is 13.0. The van der Waals surface area contributed by atoms with Gasteiger partial charge >= 0.3 is 0 Å². The van der Waals surface area contributed by atoms with Gasteiger partial charge in [0.25, 0.3) is 5.91 Å². The van der Waals surface area contributed by atoms with Crippen LogP contribution in [0.3, 0.4) is 0 Å². The molecule has 0 heterocycles. The third-order valence-electron chi connectivity index (χ3n) is 4.20. The van der Waals surface area contributed by atoms with E-state index >= 15 is 0 Å². The monoisotopic (exact) mass is 347 g/mol. The highest BCUT2D eigenvalue weighted by atomic mass is 35.5. The second kappa shape index (κ2) is 6.94. The van der Waals surface area contributed by atoms with Crippen LogP contribution in [0, 0.1) is 0 Å². The zero-order valence-corrected chi connectivity index (χ0v) is 14.5. The van der Waals surface area contributed by atoms with Crippen molar-refractivity contribution in [2.75, 3.05) is 0 Å². The topological polar surface area (TPSA) is 20.3 Å². The molecule has 0 bridgehead atoms. The molecule has 0 aromatic heterocycles. The van der Waals surface area contributed by atoms with Gasteiger partial charge in [-0.1, -0.05) is 47.5 Å². The van der Waals surface area contributed by atoms with Gasteiger partial charge in [0, 0.05) is 17.1 Å². The Morgan fingerprint density at radius 2 is 1.78 bits per heavy atom. The second-order valence-corrected chi connectivity index (χ2v) is 6.95. The SMILES string of the molecule is CC(Cc1ccc(Cl)cc1)N(C(=O)c1ccccc1Cl)C1CC1. The Bertz CT molecular complexity index is 695. The van der Waals surface area contributed by atoms with Crippen molar-refractivity contribution in [3.63, 3.8) is 0 Å².